The van der Waals surface area contributed by atoms with E-state index < -0.39 is 24.5 Å². The molecular weight excluding hydrogens is 392 g/mol. The highest BCUT2D eigenvalue weighted by Gasteiger charge is 2.23. The van der Waals surface area contributed by atoms with Crippen LogP contribution < -0.4 is 10.6 Å². The Morgan fingerprint density at radius 3 is 2.41 bits per heavy atom. The van der Waals surface area contributed by atoms with Crippen molar-refractivity contribution >= 4 is 29.7 Å². The number of nitrogens with one attached hydrogen (secondary N) is 2. The summed E-state index contributed by atoms with van der Waals surface area (Å²) in [6.45, 7) is 5.38. The van der Waals surface area contributed by atoms with E-state index in [2.05, 4.69) is 27.5 Å². The fourth-order valence-corrected chi connectivity index (χ4v) is 3.96. The van der Waals surface area contributed by atoms with Gasteiger partial charge in [-0.1, -0.05) is 31.5 Å². The molecule has 1 heterocycles. The molecule has 3 amide bonds. The van der Waals surface area contributed by atoms with Gasteiger partial charge < -0.3 is 10.1 Å². The predicted octanol–water partition coefficient (Wildman–Crippen LogP) is 2.70. The third-order valence-electron chi connectivity index (χ3n) is 5.21. The number of imide groups is 1. The molecule has 0 unspecified atom stereocenters. The normalized spacial score (nSPS) is 18.8. The average Bonchev–Trinajstić information content (AvgIpc) is 2.67. The first-order chi connectivity index (χ1) is 13.8. The lowest BCUT2D eigenvalue weighted by Crippen LogP contribution is -2.48. The Hall–Kier alpha value is -2.16. The van der Waals surface area contributed by atoms with Crippen LogP contribution in [0.15, 0.2) is 5.16 Å². The van der Waals surface area contributed by atoms with E-state index in [1.165, 1.54) is 18.2 Å². The summed E-state index contributed by atoms with van der Waals surface area (Å²) in [5, 5.41) is 5.75. The van der Waals surface area contributed by atoms with E-state index in [9.17, 15) is 14.4 Å². The van der Waals surface area contributed by atoms with E-state index in [1.54, 1.807) is 0 Å². The number of aryl methyl sites for hydroxylation is 2. The summed E-state index contributed by atoms with van der Waals surface area (Å²) in [7, 11) is 0. The first-order valence-electron chi connectivity index (χ1n) is 9.94. The number of aromatic nitrogens is 2. The van der Waals surface area contributed by atoms with Crippen LogP contribution in [0.3, 0.4) is 0 Å². The quantitative estimate of drug-likeness (QED) is 0.395. The molecule has 0 bridgehead atoms. The molecule has 1 aliphatic carbocycles. The number of carbonyl (C=O) groups excluding carboxylic acids is 3. The molecule has 1 aromatic rings. The molecule has 0 radical (unpaired) electrons. The third-order valence-corrected chi connectivity index (χ3v) is 5.75. The summed E-state index contributed by atoms with van der Waals surface area (Å²) in [4.78, 5) is 44.5. The highest BCUT2D eigenvalue weighted by Crippen LogP contribution is 2.23. The van der Waals surface area contributed by atoms with Gasteiger partial charge in [-0.05, 0) is 50.8 Å². The van der Waals surface area contributed by atoms with Gasteiger partial charge in [0, 0.05) is 23.9 Å². The van der Waals surface area contributed by atoms with Crippen molar-refractivity contribution in [3.8, 4) is 0 Å². The summed E-state index contributed by atoms with van der Waals surface area (Å²) >= 11 is 1.47. The standard InChI is InChI=1S/C20H30N4O4S/c1-12-7-5-6-8-16(12)23-19(27)24-17(25)11-28-18(26)10-9-15-13(2)21-20(29-4)22-14(15)3/h12,16H,5-11H2,1-4H3,(H2,23,24,25,27)/t12-,16+/m1/s1. The molecule has 2 atom stereocenters. The summed E-state index contributed by atoms with van der Waals surface area (Å²) in [5.74, 6) is -0.753. The highest BCUT2D eigenvalue weighted by atomic mass is 32.2. The molecule has 9 heteroatoms. The number of amides is 3. The van der Waals surface area contributed by atoms with E-state index >= 15 is 0 Å². The Labute approximate surface area is 176 Å². The fraction of sp³-hybridized carbons (Fsp3) is 0.650. The molecule has 0 aliphatic heterocycles. The number of rotatable bonds is 7. The molecular formula is C20H30N4O4S. The fourth-order valence-electron chi connectivity index (χ4n) is 3.50. The van der Waals surface area contributed by atoms with Crippen molar-refractivity contribution in [3.05, 3.63) is 17.0 Å². The smallest absolute Gasteiger partial charge is 0.321 e. The van der Waals surface area contributed by atoms with Crippen molar-refractivity contribution in [1.82, 2.24) is 20.6 Å². The minimum atomic E-state index is -0.640. The highest BCUT2D eigenvalue weighted by molar-refractivity contribution is 7.98. The Morgan fingerprint density at radius 2 is 1.79 bits per heavy atom. The molecule has 29 heavy (non-hydrogen) atoms. The number of thioether (sulfide) groups is 1. The Kier molecular flexibility index (Phi) is 8.88. The lowest BCUT2D eigenvalue weighted by molar-refractivity contribution is -0.148. The minimum Gasteiger partial charge on any atom is -0.456 e. The predicted molar refractivity (Wildman–Crippen MR) is 111 cm³/mol. The van der Waals surface area contributed by atoms with Crippen LogP contribution in [0, 0.1) is 19.8 Å². The second kappa shape index (κ2) is 11.1. The molecule has 0 spiro atoms. The molecule has 2 N–H and O–H groups in total. The average molecular weight is 423 g/mol. The second-order valence-corrected chi connectivity index (χ2v) is 8.18. The topological polar surface area (TPSA) is 110 Å². The van der Waals surface area contributed by atoms with Gasteiger partial charge in [0.15, 0.2) is 11.8 Å². The van der Waals surface area contributed by atoms with Gasteiger partial charge in [-0.15, -0.1) is 0 Å². The summed E-state index contributed by atoms with van der Waals surface area (Å²) < 4.78 is 4.99. The van der Waals surface area contributed by atoms with Crippen LogP contribution >= 0.6 is 11.8 Å². The molecule has 1 aromatic heterocycles. The number of nitrogens with zero attached hydrogens (tertiary/aromatic N) is 2. The van der Waals surface area contributed by atoms with Crippen molar-refractivity contribution in [2.75, 3.05) is 12.9 Å². The van der Waals surface area contributed by atoms with Gasteiger partial charge in [-0.25, -0.2) is 14.8 Å². The first kappa shape index (κ1) is 23.1. The van der Waals surface area contributed by atoms with Gasteiger partial charge in [0.25, 0.3) is 5.91 Å². The van der Waals surface area contributed by atoms with E-state index in [4.69, 9.17) is 4.74 Å². The van der Waals surface area contributed by atoms with Crippen molar-refractivity contribution in [1.29, 1.82) is 0 Å². The van der Waals surface area contributed by atoms with Crippen LogP contribution in [0.1, 0.15) is 56.0 Å². The maximum atomic E-state index is 12.0. The summed E-state index contributed by atoms with van der Waals surface area (Å²) in [6, 6.07) is -0.465. The SMILES string of the molecule is CSc1nc(C)c(CCC(=O)OCC(=O)NC(=O)N[C@H]2CCCC[C@H]2C)c(C)n1. The Bertz CT molecular complexity index is 733. The zero-order valence-electron chi connectivity index (χ0n) is 17.5. The Balaban J connectivity index is 1.72. The number of esters is 1. The Morgan fingerprint density at radius 1 is 1.14 bits per heavy atom. The van der Waals surface area contributed by atoms with Crippen molar-refractivity contribution < 1.29 is 19.1 Å². The number of carbonyl (C=O) groups is 3. The van der Waals surface area contributed by atoms with Gasteiger partial charge in [-0.2, -0.15) is 0 Å². The molecule has 0 saturated heterocycles. The van der Waals surface area contributed by atoms with Crippen LogP contribution in [0.2, 0.25) is 0 Å². The van der Waals surface area contributed by atoms with E-state index in [0.717, 1.165) is 36.2 Å². The zero-order valence-corrected chi connectivity index (χ0v) is 18.4. The van der Waals surface area contributed by atoms with Gasteiger partial charge >= 0.3 is 12.0 Å². The summed E-state index contributed by atoms with van der Waals surface area (Å²) in [6.07, 6.45) is 6.69. The van der Waals surface area contributed by atoms with Crippen molar-refractivity contribution in [2.24, 2.45) is 5.92 Å². The van der Waals surface area contributed by atoms with Gasteiger partial charge in [0.05, 0.1) is 0 Å². The van der Waals surface area contributed by atoms with Crippen molar-refractivity contribution in [2.45, 2.75) is 70.5 Å². The molecule has 1 fully saturated rings. The minimum absolute atomic E-state index is 0.0743. The maximum Gasteiger partial charge on any atom is 0.321 e. The van der Waals surface area contributed by atoms with E-state index in [0.29, 0.717) is 17.5 Å². The lowest BCUT2D eigenvalue weighted by Gasteiger charge is -2.29. The molecule has 1 saturated carbocycles. The lowest BCUT2D eigenvalue weighted by atomic mass is 9.86. The molecule has 0 aromatic carbocycles. The first-order valence-corrected chi connectivity index (χ1v) is 11.2. The van der Waals surface area contributed by atoms with Gasteiger partial charge in [0.2, 0.25) is 0 Å². The molecule has 160 valence electrons. The van der Waals surface area contributed by atoms with Crippen LogP contribution in [0.4, 0.5) is 4.79 Å². The largest absolute Gasteiger partial charge is 0.456 e. The number of hydrogen-bond donors (Lipinski definition) is 2. The molecule has 2 rings (SSSR count). The van der Waals surface area contributed by atoms with Crippen LogP contribution in [-0.2, 0) is 20.7 Å². The van der Waals surface area contributed by atoms with E-state index in [-0.39, 0.29) is 12.5 Å². The molecule has 1 aliphatic rings. The van der Waals surface area contributed by atoms with Crippen LogP contribution in [-0.4, -0.2) is 46.8 Å². The maximum absolute atomic E-state index is 12.0. The zero-order chi connectivity index (χ0) is 21.4. The van der Waals surface area contributed by atoms with Crippen LogP contribution in [0.25, 0.3) is 0 Å². The number of ether oxygens (including phenoxy) is 1. The molecule has 8 nitrogen and oxygen atoms in total. The number of urea groups is 1. The third kappa shape index (κ3) is 7.30. The van der Waals surface area contributed by atoms with E-state index in [1.807, 2.05) is 20.1 Å². The van der Waals surface area contributed by atoms with Crippen LogP contribution in [0.5, 0.6) is 0 Å². The number of hydrogen-bond acceptors (Lipinski definition) is 7. The van der Waals surface area contributed by atoms with Gasteiger partial charge in [-0.3, -0.25) is 14.9 Å². The second-order valence-electron chi connectivity index (χ2n) is 7.41. The van der Waals surface area contributed by atoms with Gasteiger partial charge in [0.1, 0.15) is 0 Å². The van der Waals surface area contributed by atoms with Crippen molar-refractivity contribution in [3.63, 3.8) is 0 Å². The summed E-state index contributed by atoms with van der Waals surface area (Å²) in [5.41, 5.74) is 2.58. The monoisotopic (exact) mass is 422 g/mol.